The van der Waals surface area contributed by atoms with Crippen LogP contribution in [0, 0.1) is 0 Å². The molecule has 1 aliphatic heterocycles. The lowest BCUT2D eigenvalue weighted by Gasteiger charge is -2.25. The van der Waals surface area contributed by atoms with Crippen LogP contribution in [0.4, 0.5) is 0 Å². The first-order chi connectivity index (χ1) is 9.25. The molecule has 19 heavy (non-hydrogen) atoms. The predicted octanol–water partition coefficient (Wildman–Crippen LogP) is 1.97. The highest BCUT2D eigenvalue weighted by atomic mass is 15.2. The molecule has 3 nitrogen and oxygen atoms in total. The van der Waals surface area contributed by atoms with E-state index in [1.165, 1.54) is 31.5 Å². The Balaban J connectivity index is 1.92. The molecule has 106 valence electrons. The van der Waals surface area contributed by atoms with Gasteiger partial charge < -0.3 is 15.1 Å². The second kappa shape index (κ2) is 7.63. The maximum absolute atomic E-state index is 3.71. The van der Waals surface area contributed by atoms with Crippen LogP contribution in [-0.4, -0.2) is 56.6 Å². The number of benzene rings is 1. The van der Waals surface area contributed by atoms with E-state index in [1.807, 2.05) is 0 Å². The Morgan fingerprint density at radius 3 is 2.47 bits per heavy atom. The number of nitrogens with one attached hydrogen (secondary N) is 1. The molecule has 1 aromatic carbocycles. The Morgan fingerprint density at radius 1 is 1.16 bits per heavy atom. The molecule has 1 atom stereocenters. The van der Waals surface area contributed by atoms with Gasteiger partial charge in [0.1, 0.15) is 0 Å². The van der Waals surface area contributed by atoms with Crippen molar-refractivity contribution in [1.82, 2.24) is 15.1 Å². The zero-order valence-electron chi connectivity index (χ0n) is 12.3. The van der Waals surface area contributed by atoms with Gasteiger partial charge in [-0.25, -0.2) is 0 Å². The summed E-state index contributed by atoms with van der Waals surface area (Å²) < 4.78 is 0. The summed E-state index contributed by atoms with van der Waals surface area (Å²) in [6.07, 6.45) is 2.72. The molecule has 1 aliphatic rings. The van der Waals surface area contributed by atoms with Crippen molar-refractivity contribution in [2.45, 2.75) is 18.9 Å². The van der Waals surface area contributed by atoms with Crippen molar-refractivity contribution >= 4 is 0 Å². The van der Waals surface area contributed by atoms with E-state index < -0.39 is 0 Å². The Kier molecular flexibility index (Phi) is 5.83. The summed E-state index contributed by atoms with van der Waals surface area (Å²) in [5.41, 5.74) is 1.41. The molecule has 1 heterocycles. The highest BCUT2D eigenvalue weighted by molar-refractivity contribution is 5.19. The Morgan fingerprint density at radius 2 is 1.84 bits per heavy atom. The van der Waals surface area contributed by atoms with Crippen LogP contribution in [0.1, 0.15) is 24.4 Å². The lowest BCUT2D eigenvalue weighted by Crippen LogP contribution is -2.36. The van der Waals surface area contributed by atoms with Gasteiger partial charge in [-0.3, -0.25) is 0 Å². The largest absolute Gasteiger partial charge is 0.308 e. The van der Waals surface area contributed by atoms with Gasteiger partial charge in [-0.1, -0.05) is 30.3 Å². The molecule has 0 saturated carbocycles. The molecule has 0 bridgehead atoms. The number of hydrogen-bond donors (Lipinski definition) is 1. The van der Waals surface area contributed by atoms with Gasteiger partial charge in [0.25, 0.3) is 0 Å². The van der Waals surface area contributed by atoms with Gasteiger partial charge >= 0.3 is 0 Å². The van der Waals surface area contributed by atoms with Crippen molar-refractivity contribution in [3.05, 3.63) is 35.9 Å². The summed E-state index contributed by atoms with van der Waals surface area (Å²) in [6, 6.07) is 11.3. The first kappa shape index (κ1) is 14.5. The van der Waals surface area contributed by atoms with Crippen molar-refractivity contribution in [3.8, 4) is 0 Å². The van der Waals surface area contributed by atoms with E-state index in [2.05, 4.69) is 59.5 Å². The van der Waals surface area contributed by atoms with Gasteiger partial charge in [-0.05, 0) is 45.6 Å². The fourth-order valence-electron chi connectivity index (χ4n) is 2.66. The lowest BCUT2D eigenvalue weighted by molar-refractivity contribution is 0.285. The van der Waals surface area contributed by atoms with E-state index >= 15 is 0 Å². The average molecular weight is 261 g/mol. The molecule has 1 aromatic rings. The summed E-state index contributed by atoms with van der Waals surface area (Å²) in [4.78, 5) is 4.81. The predicted molar refractivity (Wildman–Crippen MR) is 81.4 cm³/mol. The fourth-order valence-corrected chi connectivity index (χ4v) is 2.66. The molecule has 3 heteroatoms. The summed E-state index contributed by atoms with van der Waals surface area (Å²) in [5.74, 6) is 0. The van der Waals surface area contributed by atoms with Gasteiger partial charge in [0.05, 0.1) is 0 Å². The van der Waals surface area contributed by atoms with E-state index in [9.17, 15) is 0 Å². The highest BCUT2D eigenvalue weighted by Crippen LogP contribution is 2.17. The summed E-state index contributed by atoms with van der Waals surface area (Å²) in [5, 5.41) is 3.71. The molecule has 0 aromatic heterocycles. The molecule has 2 rings (SSSR count). The van der Waals surface area contributed by atoms with Gasteiger partial charge in [0.2, 0.25) is 0 Å². The molecule has 0 amide bonds. The smallest absolute Gasteiger partial charge is 0.0449 e. The zero-order valence-corrected chi connectivity index (χ0v) is 12.3. The summed E-state index contributed by atoms with van der Waals surface area (Å²) in [6.45, 7) is 5.79. The van der Waals surface area contributed by atoms with Crippen LogP contribution in [0.15, 0.2) is 30.3 Å². The van der Waals surface area contributed by atoms with Gasteiger partial charge in [-0.2, -0.15) is 0 Å². The number of rotatable bonds is 7. The minimum atomic E-state index is 0.458. The summed E-state index contributed by atoms with van der Waals surface area (Å²) >= 11 is 0. The third-order valence-corrected chi connectivity index (χ3v) is 3.79. The molecule has 0 aliphatic carbocycles. The Bertz CT molecular complexity index is 344. The van der Waals surface area contributed by atoms with Crippen molar-refractivity contribution in [3.63, 3.8) is 0 Å². The lowest BCUT2D eigenvalue weighted by atomic mass is 10.1. The minimum absolute atomic E-state index is 0.458. The quantitative estimate of drug-likeness (QED) is 0.809. The van der Waals surface area contributed by atoms with Crippen LogP contribution in [0.25, 0.3) is 0 Å². The number of nitrogens with zero attached hydrogens (tertiary/aromatic N) is 2. The van der Waals surface area contributed by atoms with Crippen molar-refractivity contribution < 1.29 is 0 Å². The van der Waals surface area contributed by atoms with Crippen LogP contribution < -0.4 is 5.32 Å². The van der Waals surface area contributed by atoms with Crippen molar-refractivity contribution in [2.24, 2.45) is 0 Å². The fraction of sp³-hybridized carbons (Fsp3) is 0.625. The molecule has 0 unspecified atom stereocenters. The standard InChI is InChI=1S/C16H27N3/c1-18(2)13-10-17-16(14-19-11-6-7-12-19)15-8-4-3-5-9-15/h3-5,8-9,16-17H,6-7,10-14H2,1-2H3/t16-/m0/s1. The number of hydrogen-bond acceptors (Lipinski definition) is 3. The molecule has 0 radical (unpaired) electrons. The Hall–Kier alpha value is -0.900. The maximum Gasteiger partial charge on any atom is 0.0449 e. The second-order valence-corrected chi connectivity index (χ2v) is 5.73. The first-order valence-electron chi connectivity index (χ1n) is 7.41. The summed E-state index contributed by atoms with van der Waals surface area (Å²) in [7, 11) is 4.25. The normalized spacial score (nSPS) is 18.1. The Labute approximate surface area is 117 Å². The highest BCUT2D eigenvalue weighted by Gasteiger charge is 2.18. The van der Waals surface area contributed by atoms with E-state index in [4.69, 9.17) is 0 Å². The number of likely N-dealkylation sites (tertiary alicyclic amines) is 1. The van der Waals surface area contributed by atoms with Crippen LogP contribution in [0.3, 0.4) is 0 Å². The van der Waals surface area contributed by atoms with Gasteiger partial charge in [-0.15, -0.1) is 0 Å². The van der Waals surface area contributed by atoms with Crippen molar-refractivity contribution in [2.75, 3.05) is 46.8 Å². The molecule has 0 spiro atoms. The van der Waals surface area contributed by atoms with Crippen LogP contribution >= 0.6 is 0 Å². The van der Waals surface area contributed by atoms with Crippen LogP contribution in [0.5, 0.6) is 0 Å². The second-order valence-electron chi connectivity index (χ2n) is 5.73. The van der Waals surface area contributed by atoms with Gasteiger partial charge in [0.15, 0.2) is 0 Å². The number of likely N-dealkylation sites (N-methyl/N-ethyl adjacent to an activating group) is 1. The zero-order chi connectivity index (χ0) is 13.5. The van der Waals surface area contributed by atoms with E-state index in [0.29, 0.717) is 6.04 Å². The first-order valence-corrected chi connectivity index (χ1v) is 7.41. The molecule has 1 fully saturated rings. The average Bonchev–Trinajstić information content (AvgIpc) is 2.91. The van der Waals surface area contributed by atoms with E-state index in [1.54, 1.807) is 0 Å². The van der Waals surface area contributed by atoms with Crippen LogP contribution in [-0.2, 0) is 0 Å². The van der Waals surface area contributed by atoms with E-state index in [0.717, 1.165) is 19.6 Å². The molecular weight excluding hydrogens is 234 g/mol. The van der Waals surface area contributed by atoms with E-state index in [-0.39, 0.29) is 0 Å². The molecule has 1 saturated heterocycles. The van der Waals surface area contributed by atoms with Gasteiger partial charge in [0, 0.05) is 25.7 Å². The third-order valence-electron chi connectivity index (χ3n) is 3.79. The SMILES string of the molecule is CN(C)CCN[C@@H](CN1CCCC1)c1ccccc1. The maximum atomic E-state index is 3.71. The third kappa shape index (κ3) is 4.94. The monoisotopic (exact) mass is 261 g/mol. The van der Waals surface area contributed by atoms with Crippen LogP contribution in [0.2, 0.25) is 0 Å². The van der Waals surface area contributed by atoms with Crippen molar-refractivity contribution in [1.29, 1.82) is 0 Å². The topological polar surface area (TPSA) is 18.5 Å². The minimum Gasteiger partial charge on any atom is -0.308 e. The molecular formula is C16H27N3. The molecule has 1 N–H and O–H groups in total.